The summed E-state index contributed by atoms with van der Waals surface area (Å²) in [6.07, 6.45) is 0.904. The van der Waals surface area contributed by atoms with Gasteiger partial charge in [0.1, 0.15) is 28.9 Å². The van der Waals surface area contributed by atoms with Crippen LogP contribution in [0.1, 0.15) is 59.3 Å². The maximum atomic E-state index is 15.1. The Kier molecular flexibility index (Phi) is 12.5. The second-order valence-electron chi connectivity index (χ2n) is 14.4. The van der Waals surface area contributed by atoms with Crippen molar-refractivity contribution in [2.24, 2.45) is 0 Å². The number of aryl methyl sites for hydroxylation is 1. The molecule has 0 spiro atoms. The number of hydrogen-bond donors (Lipinski definition) is 4. The molecule has 2 aliphatic heterocycles. The maximum absolute atomic E-state index is 15.1. The van der Waals surface area contributed by atoms with Crippen molar-refractivity contribution in [1.29, 1.82) is 0 Å². The van der Waals surface area contributed by atoms with Crippen LogP contribution < -0.4 is 20.7 Å². The lowest BCUT2D eigenvalue weighted by Crippen LogP contribution is -2.54. The van der Waals surface area contributed by atoms with Crippen LogP contribution in [0.5, 0.6) is 0 Å². The van der Waals surface area contributed by atoms with Gasteiger partial charge in [0.05, 0.1) is 59.9 Å². The molecule has 0 bridgehead atoms. The summed E-state index contributed by atoms with van der Waals surface area (Å²) in [6, 6.07) is 9.42. The number of carbonyl (C=O) groups is 4. The lowest BCUT2D eigenvalue weighted by Gasteiger charge is -2.27. The van der Waals surface area contributed by atoms with E-state index in [1.54, 1.807) is 13.0 Å². The Labute approximate surface area is 347 Å². The lowest BCUT2D eigenvalue weighted by molar-refractivity contribution is -0.136. The van der Waals surface area contributed by atoms with Gasteiger partial charge in [0, 0.05) is 36.8 Å². The highest BCUT2D eigenvalue weighted by molar-refractivity contribution is 7.89. The van der Waals surface area contributed by atoms with Crippen LogP contribution in [0.4, 0.5) is 30.5 Å². The first-order valence-electron chi connectivity index (χ1n) is 19.1. The highest BCUT2D eigenvalue weighted by Crippen LogP contribution is 2.32. The lowest BCUT2D eigenvalue weighted by atomic mass is 10.0. The Hall–Kier alpha value is -6.29. The predicted molar refractivity (Wildman–Crippen MR) is 214 cm³/mol. The summed E-state index contributed by atoms with van der Waals surface area (Å²) in [6.45, 7) is 6.13. The van der Waals surface area contributed by atoms with Crippen LogP contribution in [0.3, 0.4) is 0 Å². The number of halogens is 3. The molecule has 1 fully saturated rings. The average molecular weight is 864 g/mol. The highest BCUT2D eigenvalue weighted by atomic mass is 32.2. The van der Waals surface area contributed by atoms with Crippen molar-refractivity contribution in [3.63, 3.8) is 0 Å². The van der Waals surface area contributed by atoms with Gasteiger partial charge in [0.15, 0.2) is 11.6 Å². The van der Waals surface area contributed by atoms with Gasteiger partial charge in [0.25, 0.3) is 11.8 Å². The molecule has 61 heavy (non-hydrogen) atoms. The summed E-state index contributed by atoms with van der Waals surface area (Å²) < 4.78 is 85.8. The van der Waals surface area contributed by atoms with E-state index >= 15 is 4.39 Å². The molecule has 5 aromatic rings. The van der Waals surface area contributed by atoms with Gasteiger partial charge in [0.2, 0.25) is 27.8 Å². The van der Waals surface area contributed by atoms with Crippen LogP contribution in [-0.2, 0) is 29.1 Å². The first kappa shape index (κ1) is 42.8. The van der Waals surface area contributed by atoms with E-state index in [2.05, 4.69) is 35.6 Å². The van der Waals surface area contributed by atoms with Crippen LogP contribution in [-0.4, -0.2) is 102 Å². The fourth-order valence-corrected chi connectivity index (χ4v) is 8.08. The number of ether oxygens (including phenoxy) is 2. The summed E-state index contributed by atoms with van der Waals surface area (Å²) in [7, 11) is -3.91. The SMILES string of the molecule is Cc1nc2c(F)cc(-c3nc(Nc4ccc(S(=O)(=O)NCCOCCOCCNc5cc6c(cc5F)C(=O)N(C5CCC(=O)NC5=O)C6=O)cc4)ncc3F)cc2n1C(C)C. The molecule has 21 heteroatoms. The fraction of sp³-hybridized carbons (Fsp3) is 0.325. The molecule has 17 nitrogen and oxygen atoms in total. The van der Waals surface area contributed by atoms with Crippen LogP contribution in [0.2, 0.25) is 0 Å². The number of benzene rings is 3. The Morgan fingerprint density at radius 3 is 2.25 bits per heavy atom. The van der Waals surface area contributed by atoms with Crippen LogP contribution in [0, 0.1) is 24.4 Å². The first-order chi connectivity index (χ1) is 29.1. The number of fused-ring (bicyclic) bond motifs is 2. The molecule has 4 heterocycles. The van der Waals surface area contributed by atoms with E-state index in [0.29, 0.717) is 17.0 Å². The van der Waals surface area contributed by atoms with Gasteiger partial charge in [-0.25, -0.2) is 41.3 Å². The molecule has 7 rings (SSSR count). The highest BCUT2D eigenvalue weighted by Gasteiger charge is 2.45. The summed E-state index contributed by atoms with van der Waals surface area (Å²) >= 11 is 0. The second kappa shape index (κ2) is 17.7. The number of carbonyl (C=O) groups excluding carboxylic acids is 4. The van der Waals surface area contributed by atoms with Crippen molar-refractivity contribution in [3.8, 4) is 11.3 Å². The monoisotopic (exact) mass is 863 g/mol. The molecule has 1 saturated heterocycles. The summed E-state index contributed by atoms with van der Waals surface area (Å²) in [5, 5.41) is 7.83. The molecule has 4 N–H and O–H groups in total. The molecule has 4 amide bonds. The number of rotatable bonds is 17. The molecule has 320 valence electrons. The Balaban J connectivity index is 0.829. The van der Waals surface area contributed by atoms with Gasteiger partial charge in [-0.05, 0) is 75.7 Å². The zero-order chi connectivity index (χ0) is 43.6. The molecule has 3 aromatic carbocycles. The standard InChI is InChI=1S/C40H40F3N9O8S/c1-21(2)51-22(3)47-36-29(42)16-23(17-33(36)51)35-30(43)20-45-40(50-35)48-24-4-6-25(7-5-24)61(57,58)46-11-13-60-15-14-59-12-10-44-31-19-27-26(18-28(31)41)38(55)52(39(27)56)32-8-9-34(53)49-37(32)54/h4-7,16-21,32,44,46H,8-15H2,1-3H3,(H,45,48,50)(H,49,53,54). The van der Waals surface area contributed by atoms with E-state index in [1.165, 1.54) is 36.4 Å². The molecule has 1 unspecified atom stereocenters. The minimum Gasteiger partial charge on any atom is -0.380 e. The zero-order valence-electron chi connectivity index (χ0n) is 33.1. The van der Waals surface area contributed by atoms with Crippen LogP contribution in [0.25, 0.3) is 22.3 Å². The van der Waals surface area contributed by atoms with E-state index in [4.69, 9.17) is 9.47 Å². The molecule has 0 saturated carbocycles. The molecular weight excluding hydrogens is 824 g/mol. The van der Waals surface area contributed by atoms with Gasteiger partial charge in [-0.3, -0.25) is 29.4 Å². The van der Waals surface area contributed by atoms with E-state index in [1.807, 2.05) is 18.4 Å². The summed E-state index contributed by atoms with van der Waals surface area (Å²) in [5.41, 5.74) is 0.858. The third-order valence-electron chi connectivity index (χ3n) is 9.88. The number of aromatic nitrogens is 4. The van der Waals surface area contributed by atoms with Gasteiger partial charge in [-0.1, -0.05) is 0 Å². The Morgan fingerprint density at radius 2 is 1.56 bits per heavy atom. The van der Waals surface area contributed by atoms with Gasteiger partial charge in [-0.15, -0.1) is 0 Å². The van der Waals surface area contributed by atoms with Gasteiger partial charge >= 0.3 is 0 Å². The zero-order valence-corrected chi connectivity index (χ0v) is 33.9. The topological polar surface area (TPSA) is 216 Å². The number of piperidine rings is 1. The van der Waals surface area contributed by atoms with Crippen molar-refractivity contribution in [2.75, 3.05) is 50.2 Å². The molecule has 0 aliphatic carbocycles. The smallest absolute Gasteiger partial charge is 0.262 e. The Morgan fingerprint density at radius 1 is 0.869 bits per heavy atom. The predicted octanol–water partition coefficient (Wildman–Crippen LogP) is 4.37. The summed E-state index contributed by atoms with van der Waals surface area (Å²) in [5.74, 6) is -4.38. The minimum absolute atomic E-state index is 0.00238. The number of hydrogen-bond acceptors (Lipinski definition) is 13. The number of anilines is 3. The van der Waals surface area contributed by atoms with Crippen LogP contribution in [0.15, 0.2) is 59.6 Å². The average Bonchev–Trinajstić information content (AvgIpc) is 3.68. The minimum atomic E-state index is -3.91. The van der Waals surface area contributed by atoms with E-state index < -0.39 is 57.1 Å². The van der Waals surface area contributed by atoms with Gasteiger partial charge < -0.3 is 24.7 Å². The number of nitrogens with one attached hydrogen (secondary N) is 4. The van der Waals surface area contributed by atoms with Crippen molar-refractivity contribution in [1.82, 2.24) is 34.5 Å². The number of imidazole rings is 1. The van der Waals surface area contributed by atoms with Crippen LogP contribution >= 0.6 is 0 Å². The fourth-order valence-electron chi connectivity index (χ4n) is 7.07. The van der Waals surface area contributed by atoms with Gasteiger partial charge in [-0.2, -0.15) is 0 Å². The van der Waals surface area contributed by atoms with E-state index in [9.17, 15) is 36.4 Å². The third-order valence-corrected chi connectivity index (χ3v) is 11.4. The molecule has 2 aromatic heterocycles. The van der Waals surface area contributed by atoms with E-state index in [-0.39, 0.29) is 103 Å². The Bertz CT molecular complexity index is 2660. The third kappa shape index (κ3) is 9.09. The molecule has 1 atom stereocenters. The van der Waals surface area contributed by atoms with Crippen molar-refractivity contribution in [2.45, 2.75) is 50.6 Å². The van der Waals surface area contributed by atoms with E-state index in [0.717, 1.165) is 17.2 Å². The summed E-state index contributed by atoms with van der Waals surface area (Å²) in [4.78, 5) is 62.9. The van der Waals surface area contributed by atoms with Crippen molar-refractivity contribution in [3.05, 3.63) is 89.1 Å². The molecule has 2 aliphatic rings. The normalized spacial score (nSPS) is 15.5. The van der Waals surface area contributed by atoms with Crippen molar-refractivity contribution >= 4 is 62.0 Å². The second-order valence-corrected chi connectivity index (χ2v) is 16.1. The number of sulfonamides is 1. The van der Waals surface area contributed by atoms with Crippen molar-refractivity contribution < 1.29 is 50.2 Å². The maximum Gasteiger partial charge on any atom is 0.262 e. The molecular formula is C40H40F3N9O8S. The number of nitrogens with zero attached hydrogens (tertiary/aromatic N) is 5. The largest absolute Gasteiger partial charge is 0.380 e. The first-order valence-corrected chi connectivity index (χ1v) is 20.6. The number of amides is 4. The number of imide groups is 2. The molecule has 0 radical (unpaired) electrons. The quantitative estimate of drug-likeness (QED) is 0.0756.